The van der Waals surface area contributed by atoms with Crippen LogP contribution in [0.15, 0.2) is 59.0 Å². The highest BCUT2D eigenvalue weighted by molar-refractivity contribution is 8.00. The highest BCUT2D eigenvalue weighted by Crippen LogP contribution is 2.32. The van der Waals surface area contributed by atoms with Crippen LogP contribution in [0.3, 0.4) is 0 Å². The first-order chi connectivity index (χ1) is 14.2. The van der Waals surface area contributed by atoms with E-state index in [0.29, 0.717) is 10.2 Å². The molecular formula is C20H18F3N3O2S2. The Labute approximate surface area is 178 Å². The van der Waals surface area contributed by atoms with Crippen molar-refractivity contribution in [2.24, 2.45) is 0 Å². The Kier molecular flexibility index (Phi) is 6.67. The Morgan fingerprint density at radius 1 is 1.37 bits per heavy atom. The van der Waals surface area contributed by atoms with E-state index in [0.717, 1.165) is 22.2 Å². The van der Waals surface area contributed by atoms with Crippen molar-refractivity contribution in [1.29, 1.82) is 0 Å². The van der Waals surface area contributed by atoms with Crippen molar-refractivity contribution in [3.8, 4) is 10.4 Å². The topological polar surface area (TPSA) is 64.0 Å². The van der Waals surface area contributed by atoms with E-state index in [-0.39, 0.29) is 17.3 Å². The molecule has 2 aromatic heterocycles. The van der Waals surface area contributed by atoms with Crippen LogP contribution >= 0.6 is 23.1 Å². The first kappa shape index (κ1) is 22.1. The Morgan fingerprint density at radius 3 is 2.70 bits per heavy atom. The summed E-state index contributed by atoms with van der Waals surface area (Å²) in [7, 11) is 0. The van der Waals surface area contributed by atoms with Gasteiger partial charge in [0, 0.05) is 11.4 Å². The van der Waals surface area contributed by atoms with Gasteiger partial charge in [0.2, 0.25) is 5.91 Å². The van der Waals surface area contributed by atoms with E-state index in [4.69, 9.17) is 0 Å². The maximum absolute atomic E-state index is 13.0. The first-order valence-corrected chi connectivity index (χ1v) is 10.6. The molecule has 5 nitrogen and oxygen atoms in total. The average Bonchev–Trinajstić information content (AvgIpc) is 3.13. The Morgan fingerprint density at radius 2 is 2.07 bits per heavy atom. The lowest BCUT2D eigenvalue weighted by Gasteiger charge is -2.15. The van der Waals surface area contributed by atoms with E-state index in [1.54, 1.807) is 6.07 Å². The Bertz CT molecular complexity index is 1120. The lowest BCUT2D eigenvalue weighted by molar-refractivity contribution is -0.137. The third-order valence-corrected chi connectivity index (χ3v) is 6.27. The zero-order valence-electron chi connectivity index (χ0n) is 15.9. The van der Waals surface area contributed by atoms with Crippen LogP contribution in [-0.2, 0) is 11.3 Å². The largest absolute Gasteiger partial charge is 0.405 e. The number of rotatable bonds is 7. The zero-order chi connectivity index (χ0) is 21.9. The van der Waals surface area contributed by atoms with E-state index in [1.165, 1.54) is 28.9 Å². The van der Waals surface area contributed by atoms with Gasteiger partial charge in [-0.15, -0.1) is 17.9 Å². The van der Waals surface area contributed by atoms with Crippen LogP contribution in [0.4, 0.5) is 13.2 Å². The predicted molar refractivity (Wildman–Crippen MR) is 114 cm³/mol. The number of nitrogens with one attached hydrogen (secondary N) is 1. The van der Waals surface area contributed by atoms with Gasteiger partial charge < -0.3 is 5.32 Å². The number of allylic oxidation sites excluding steroid dienone is 1. The second-order valence-electron chi connectivity index (χ2n) is 6.39. The van der Waals surface area contributed by atoms with E-state index >= 15 is 0 Å². The highest BCUT2D eigenvalue weighted by atomic mass is 32.2. The fourth-order valence-corrected chi connectivity index (χ4v) is 4.69. The molecule has 0 fully saturated rings. The number of thioether (sulfide) groups is 1. The second kappa shape index (κ2) is 9.05. The molecule has 0 radical (unpaired) electrons. The molecule has 10 heteroatoms. The number of aromatic nitrogens is 2. The number of benzene rings is 1. The molecule has 0 saturated heterocycles. The number of halogens is 3. The number of hydrogen-bond donors (Lipinski definition) is 1. The van der Waals surface area contributed by atoms with E-state index in [1.807, 2.05) is 35.6 Å². The third-order valence-electron chi connectivity index (χ3n) is 4.10. The summed E-state index contributed by atoms with van der Waals surface area (Å²) in [4.78, 5) is 31.0. The van der Waals surface area contributed by atoms with E-state index in [2.05, 4.69) is 11.6 Å². The van der Waals surface area contributed by atoms with Gasteiger partial charge >= 0.3 is 6.18 Å². The van der Waals surface area contributed by atoms with Gasteiger partial charge in [0.15, 0.2) is 5.16 Å². The molecule has 158 valence electrons. The summed E-state index contributed by atoms with van der Waals surface area (Å²) in [6, 6.07) is 11.3. The lowest BCUT2D eigenvalue weighted by atomic mass is 10.2. The summed E-state index contributed by atoms with van der Waals surface area (Å²) in [6.45, 7) is 3.87. The van der Waals surface area contributed by atoms with Crippen LogP contribution < -0.4 is 10.9 Å². The van der Waals surface area contributed by atoms with Crippen LogP contribution in [0.2, 0.25) is 0 Å². The van der Waals surface area contributed by atoms with Gasteiger partial charge in [0.05, 0.1) is 10.6 Å². The molecule has 0 saturated carbocycles. The molecule has 0 aliphatic heterocycles. The smallest absolute Gasteiger partial charge is 0.346 e. The quantitative estimate of drug-likeness (QED) is 0.326. The van der Waals surface area contributed by atoms with Gasteiger partial charge in [-0.1, -0.05) is 48.2 Å². The van der Waals surface area contributed by atoms with Gasteiger partial charge in [-0.25, -0.2) is 4.98 Å². The molecule has 1 aromatic carbocycles. The summed E-state index contributed by atoms with van der Waals surface area (Å²) >= 11 is 2.28. The number of nitrogens with zero attached hydrogens (tertiary/aromatic N) is 2. The maximum Gasteiger partial charge on any atom is 0.405 e. The predicted octanol–water partition coefficient (Wildman–Crippen LogP) is 4.47. The monoisotopic (exact) mass is 453 g/mol. The minimum absolute atomic E-state index is 0.164. The number of thiophene rings is 1. The summed E-state index contributed by atoms with van der Waals surface area (Å²) in [5, 5.41) is 1.68. The number of fused-ring (bicyclic) bond motifs is 1. The van der Waals surface area contributed by atoms with Gasteiger partial charge in [-0.3, -0.25) is 14.2 Å². The van der Waals surface area contributed by atoms with Gasteiger partial charge in [0.1, 0.15) is 11.4 Å². The fraction of sp³-hybridized carbons (Fsp3) is 0.250. The van der Waals surface area contributed by atoms with Crippen LogP contribution in [0.1, 0.15) is 6.92 Å². The minimum Gasteiger partial charge on any atom is -0.346 e. The van der Waals surface area contributed by atoms with Gasteiger partial charge in [-0.2, -0.15) is 13.2 Å². The Balaban J connectivity index is 1.95. The normalized spacial score (nSPS) is 12.7. The van der Waals surface area contributed by atoms with E-state index in [9.17, 15) is 22.8 Å². The van der Waals surface area contributed by atoms with Crippen LogP contribution in [0.5, 0.6) is 0 Å². The number of alkyl halides is 3. The van der Waals surface area contributed by atoms with Crippen molar-refractivity contribution in [1.82, 2.24) is 14.9 Å². The highest BCUT2D eigenvalue weighted by Gasteiger charge is 2.29. The van der Waals surface area contributed by atoms with Crippen molar-refractivity contribution in [2.75, 3.05) is 6.54 Å². The molecule has 1 atom stereocenters. The fourth-order valence-electron chi connectivity index (χ4n) is 2.66. The van der Waals surface area contributed by atoms with Crippen molar-refractivity contribution >= 4 is 39.2 Å². The van der Waals surface area contributed by atoms with E-state index < -0.39 is 23.9 Å². The molecule has 0 aliphatic carbocycles. The maximum atomic E-state index is 13.0. The molecule has 1 unspecified atom stereocenters. The first-order valence-electron chi connectivity index (χ1n) is 8.91. The number of carbonyl (C=O) groups excluding carboxylic acids is 1. The summed E-state index contributed by atoms with van der Waals surface area (Å²) < 4.78 is 38.4. The van der Waals surface area contributed by atoms with Crippen molar-refractivity contribution in [2.45, 2.75) is 30.1 Å². The second-order valence-corrected chi connectivity index (χ2v) is 8.73. The lowest BCUT2D eigenvalue weighted by Crippen LogP contribution is -2.38. The third kappa shape index (κ3) is 5.11. The molecule has 0 aliphatic rings. The minimum atomic E-state index is -4.49. The molecule has 2 heterocycles. The molecule has 3 aromatic rings. The molecule has 0 bridgehead atoms. The van der Waals surface area contributed by atoms with Crippen molar-refractivity contribution in [3.63, 3.8) is 0 Å². The molecule has 1 N–H and O–H groups in total. The molecule has 3 rings (SSSR count). The van der Waals surface area contributed by atoms with Crippen LogP contribution in [0.25, 0.3) is 20.7 Å². The molecule has 30 heavy (non-hydrogen) atoms. The summed E-state index contributed by atoms with van der Waals surface area (Å²) in [6.07, 6.45) is -2.97. The van der Waals surface area contributed by atoms with Crippen molar-refractivity contribution in [3.05, 3.63) is 59.4 Å². The molecular weight excluding hydrogens is 435 g/mol. The average molecular weight is 454 g/mol. The van der Waals surface area contributed by atoms with Gasteiger partial charge in [-0.05, 0) is 18.6 Å². The zero-order valence-corrected chi connectivity index (χ0v) is 17.5. The molecule has 1 amide bonds. The molecule has 0 spiro atoms. The number of amides is 1. The van der Waals surface area contributed by atoms with Crippen LogP contribution in [0, 0.1) is 0 Å². The summed E-state index contributed by atoms with van der Waals surface area (Å²) in [5.74, 6) is -0.784. The number of carbonyl (C=O) groups is 1. The Hall–Kier alpha value is -2.59. The standard InChI is InChI=1S/C20H18F3N3O2S2/c1-3-9-26-18(28)14-10-15(13-7-5-4-6-8-13)30-17(14)25-19(26)29-12(2)16(27)24-11-20(21,22)23/h3-8,10,12H,1,9,11H2,2H3,(H,24,27). The number of hydrogen-bond acceptors (Lipinski definition) is 5. The van der Waals surface area contributed by atoms with Crippen molar-refractivity contribution < 1.29 is 18.0 Å². The van der Waals surface area contributed by atoms with Gasteiger partial charge in [0.25, 0.3) is 5.56 Å². The SMILES string of the molecule is C=CCn1c(SC(C)C(=O)NCC(F)(F)F)nc2sc(-c3ccccc3)cc2c1=O. The van der Waals surface area contributed by atoms with Crippen LogP contribution in [-0.4, -0.2) is 33.4 Å². The summed E-state index contributed by atoms with van der Waals surface area (Å²) in [5.41, 5.74) is 0.660.